The lowest BCUT2D eigenvalue weighted by Gasteiger charge is -2.10. The van der Waals surface area contributed by atoms with Crippen molar-refractivity contribution in [3.05, 3.63) is 75.6 Å². The highest BCUT2D eigenvalue weighted by atomic mass is 79.9. The number of carbonyl (C=O) groups excluding carboxylic acids is 1. The molecule has 0 aliphatic heterocycles. The normalized spacial score (nSPS) is 10.6. The zero-order chi connectivity index (χ0) is 18.5. The quantitative estimate of drug-likeness (QED) is 0.616. The number of halogens is 3. The lowest BCUT2D eigenvalue weighted by Crippen LogP contribution is -2.22. The van der Waals surface area contributed by atoms with E-state index in [1.807, 2.05) is 18.2 Å². The Bertz CT molecular complexity index is 932. The Labute approximate surface area is 162 Å². The molecule has 0 fully saturated rings. The highest BCUT2D eigenvalue weighted by molar-refractivity contribution is 9.10. The molecular formula is C18H14BrClFN3O2. The van der Waals surface area contributed by atoms with Crippen molar-refractivity contribution in [2.75, 3.05) is 11.9 Å². The number of aromatic nitrogens is 2. The van der Waals surface area contributed by atoms with E-state index >= 15 is 0 Å². The third kappa shape index (κ3) is 4.83. The Morgan fingerprint density at radius 1 is 1.27 bits per heavy atom. The molecule has 0 bridgehead atoms. The van der Waals surface area contributed by atoms with Gasteiger partial charge in [-0.3, -0.25) is 4.79 Å². The van der Waals surface area contributed by atoms with Gasteiger partial charge in [0.2, 0.25) is 0 Å². The highest BCUT2D eigenvalue weighted by Crippen LogP contribution is 2.21. The number of nitrogens with one attached hydrogen (secondary N) is 1. The zero-order valence-corrected chi connectivity index (χ0v) is 15.8. The van der Waals surface area contributed by atoms with Gasteiger partial charge < -0.3 is 10.1 Å². The molecule has 0 aliphatic rings. The van der Waals surface area contributed by atoms with Gasteiger partial charge in [0, 0.05) is 15.6 Å². The molecule has 0 saturated heterocycles. The maximum atomic E-state index is 13.7. The minimum Gasteiger partial charge on any atom is -0.481 e. The molecule has 1 N–H and O–H groups in total. The van der Waals surface area contributed by atoms with E-state index < -0.39 is 11.7 Å². The number of benzene rings is 2. The summed E-state index contributed by atoms with van der Waals surface area (Å²) >= 11 is 9.14. The van der Waals surface area contributed by atoms with E-state index in [0.29, 0.717) is 21.9 Å². The first kappa shape index (κ1) is 18.4. The van der Waals surface area contributed by atoms with E-state index in [1.54, 1.807) is 29.1 Å². The van der Waals surface area contributed by atoms with Crippen LogP contribution in [0.25, 0.3) is 0 Å². The summed E-state index contributed by atoms with van der Waals surface area (Å²) in [4.78, 5) is 12.1. The largest absolute Gasteiger partial charge is 0.481 e. The van der Waals surface area contributed by atoms with Crippen molar-refractivity contribution in [2.45, 2.75) is 6.54 Å². The average molecular weight is 439 g/mol. The van der Waals surface area contributed by atoms with Gasteiger partial charge in [0.25, 0.3) is 5.91 Å². The van der Waals surface area contributed by atoms with Crippen LogP contribution in [-0.4, -0.2) is 22.3 Å². The van der Waals surface area contributed by atoms with Crippen molar-refractivity contribution in [1.82, 2.24) is 9.78 Å². The van der Waals surface area contributed by atoms with Gasteiger partial charge in [-0.05, 0) is 35.9 Å². The summed E-state index contributed by atoms with van der Waals surface area (Å²) in [5, 5.41) is 7.52. The number of hydrogen-bond acceptors (Lipinski definition) is 3. The van der Waals surface area contributed by atoms with E-state index in [9.17, 15) is 9.18 Å². The zero-order valence-electron chi connectivity index (χ0n) is 13.5. The van der Waals surface area contributed by atoms with E-state index in [4.69, 9.17) is 16.3 Å². The number of hydrogen-bond donors (Lipinski definition) is 1. The molecular weight excluding hydrogens is 425 g/mol. The summed E-state index contributed by atoms with van der Waals surface area (Å²) in [7, 11) is 0. The summed E-state index contributed by atoms with van der Waals surface area (Å²) in [5.41, 5.74) is 0.949. The number of rotatable bonds is 6. The second kappa shape index (κ2) is 8.33. The SMILES string of the molecule is O=C(COc1ccc(Br)cc1F)Nc1ccnn1Cc1cccc(Cl)c1. The minimum atomic E-state index is -0.543. The van der Waals surface area contributed by atoms with E-state index in [2.05, 4.69) is 26.3 Å². The maximum Gasteiger partial charge on any atom is 0.263 e. The Hall–Kier alpha value is -2.38. The van der Waals surface area contributed by atoms with Gasteiger partial charge in [-0.25, -0.2) is 9.07 Å². The molecule has 5 nitrogen and oxygen atoms in total. The molecule has 0 saturated carbocycles. The first-order valence-electron chi connectivity index (χ1n) is 7.65. The number of amides is 1. The molecule has 0 atom stereocenters. The highest BCUT2D eigenvalue weighted by Gasteiger charge is 2.11. The van der Waals surface area contributed by atoms with Gasteiger partial charge in [0.1, 0.15) is 5.82 Å². The van der Waals surface area contributed by atoms with Crippen LogP contribution in [0.1, 0.15) is 5.56 Å². The van der Waals surface area contributed by atoms with Crippen LogP contribution in [0.5, 0.6) is 5.75 Å². The van der Waals surface area contributed by atoms with E-state index in [0.717, 1.165) is 5.56 Å². The average Bonchev–Trinajstić information content (AvgIpc) is 3.01. The molecule has 1 aromatic heterocycles. The van der Waals surface area contributed by atoms with Crippen molar-refractivity contribution in [3.8, 4) is 5.75 Å². The van der Waals surface area contributed by atoms with Gasteiger partial charge in [-0.2, -0.15) is 5.10 Å². The first-order chi connectivity index (χ1) is 12.5. The number of carbonyl (C=O) groups is 1. The summed E-state index contributed by atoms with van der Waals surface area (Å²) < 4.78 is 21.1. The fourth-order valence-electron chi connectivity index (χ4n) is 2.29. The molecule has 2 aromatic carbocycles. The van der Waals surface area contributed by atoms with Crippen LogP contribution in [0.4, 0.5) is 10.2 Å². The Morgan fingerprint density at radius 2 is 2.12 bits per heavy atom. The molecule has 1 amide bonds. The Balaban J connectivity index is 1.60. The number of ether oxygens (including phenoxy) is 1. The van der Waals surface area contributed by atoms with Gasteiger partial charge in [0.05, 0.1) is 12.7 Å². The lowest BCUT2D eigenvalue weighted by atomic mass is 10.2. The third-order valence-electron chi connectivity index (χ3n) is 3.46. The van der Waals surface area contributed by atoms with E-state index in [-0.39, 0.29) is 12.4 Å². The van der Waals surface area contributed by atoms with Crippen molar-refractivity contribution in [1.29, 1.82) is 0 Å². The summed E-state index contributed by atoms with van der Waals surface area (Å²) in [6, 6.07) is 13.4. The predicted molar refractivity (Wildman–Crippen MR) is 101 cm³/mol. The van der Waals surface area contributed by atoms with Crippen molar-refractivity contribution >= 4 is 39.3 Å². The standard InChI is InChI=1S/C18H14BrClFN3O2/c19-13-4-5-16(15(21)9-13)26-11-18(25)23-17-6-7-22-24(17)10-12-2-1-3-14(20)8-12/h1-9H,10-11H2,(H,23,25). The van der Waals surface area contributed by atoms with Crippen LogP contribution in [0.3, 0.4) is 0 Å². The first-order valence-corrected chi connectivity index (χ1v) is 8.82. The van der Waals surface area contributed by atoms with Gasteiger partial charge in [0.15, 0.2) is 18.2 Å². The number of anilines is 1. The minimum absolute atomic E-state index is 0.00999. The molecule has 0 radical (unpaired) electrons. The topological polar surface area (TPSA) is 56.1 Å². The van der Waals surface area contributed by atoms with Crippen molar-refractivity contribution in [3.63, 3.8) is 0 Å². The Morgan fingerprint density at radius 3 is 2.88 bits per heavy atom. The summed E-state index contributed by atoms with van der Waals surface area (Å²) in [6.07, 6.45) is 1.58. The van der Waals surface area contributed by atoms with Gasteiger partial charge in [-0.15, -0.1) is 0 Å². The van der Waals surface area contributed by atoms with Crippen LogP contribution in [0.15, 0.2) is 59.2 Å². The molecule has 0 spiro atoms. The van der Waals surface area contributed by atoms with Crippen molar-refractivity contribution in [2.24, 2.45) is 0 Å². The molecule has 3 aromatic rings. The maximum absolute atomic E-state index is 13.7. The van der Waals surface area contributed by atoms with Crippen LogP contribution >= 0.6 is 27.5 Å². The molecule has 8 heteroatoms. The molecule has 134 valence electrons. The Kier molecular flexibility index (Phi) is 5.90. The van der Waals surface area contributed by atoms with Crippen molar-refractivity contribution < 1.29 is 13.9 Å². The molecule has 0 unspecified atom stereocenters. The lowest BCUT2D eigenvalue weighted by molar-refractivity contribution is -0.118. The van der Waals surface area contributed by atoms with E-state index in [1.165, 1.54) is 12.1 Å². The monoisotopic (exact) mass is 437 g/mol. The fourth-order valence-corrected chi connectivity index (χ4v) is 2.83. The van der Waals surface area contributed by atoms with Crippen LogP contribution < -0.4 is 10.1 Å². The third-order valence-corrected chi connectivity index (χ3v) is 4.19. The van der Waals surface area contributed by atoms with Crippen LogP contribution in [0, 0.1) is 5.82 Å². The molecule has 26 heavy (non-hydrogen) atoms. The van der Waals surface area contributed by atoms with Gasteiger partial charge >= 0.3 is 0 Å². The molecule has 3 rings (SSSR count). The molecule has 0 aliphatic carbocycles. The predicted octanol–water partition coefficient (Wildman–Crippen LogP) is 4.50. The second-order valence-corrected chi connectivity index (χ2v) is 6.77. The van der Waals surface area contributed by atoms with Gasteiger partial charge in [-0.1, -0.05) is 39.7 Å². The molecule has 1 heterocycles. The summed E-state index contributed by atoms with van der Waals surface area (Å²) in [6.45, 7) is 0.131. The fraction of sp³-hybridized carbons (Fsp3) is 0.111. The second-order valence-electron chi connectivity index (χ2n) is 5.42. The number of nitrogens with zero attached hydrogens (tertiary/aromatic N) is 2. The van der Waals surface area contributed by atoms with Crippen LogP contribution in [-0.2, 0) is 11.3 Å². The van der Waals surface area contributed by atoms with Crippen LogP contribution in [0.2, 0.25) is 5.02 Å². The summed E-state index contributed by atoms with van der Waals surface area (Å²) in [5.74, 6) is -0.441. The smallest absolute Gasteiger partial charge is 0.263 e.